The summed E-state index contributed by atoms with van der Waals surface area (Å²) in [6, 6.07) is 0. The fourth-order valence-electron chi connectivity index (χ4n) is 5.30. The third-order valence-electron chi connectivity index (χ3n) is 5.92. The molecule has 1 heterocycles. The highest BCUT2D eigenvalue weighted by Gasteiger charge is 2.89. The highest BCUT2D eigenvalue weighted by molar-refractivity contribution is 6.65. The molecule has 4 aliphatic carbocycles. The predicted octanol–water partition coefficient (Wildman–Crippen LogP) is 4.48. The molecule has 0 aromatic heterocycles. The van der Waals surface area contributed by atoms with E-state index in [2.05, 4.69) is 0 Å². The fraction of sp³-hybridized carbons (Fsp3) is 0.833. The van der Waals surface area contributed by atoms with Crippen LogP contribution in [0.15, 0.2) is 10.1 Å². The minimum Gasteiger partial charge on any atom is -0.369 e. The molecule has 4 bridgehead atoms. The van der Waals surface area contributed by atoms with Gasteiger partial charge in [-0.2, -0.15) is 0 Å². The summed E-state index contributed by atoms with van der Waals surface area (Å²) >= 11 is 39.5. The van der Waals surface area contributed by atoms with Gasteiger partial charge in [0.05, 0.1) is 22.3 Å². The van der Waals surface area contributed by atoms with Crippen molar-refractivity contribution in [2.24, 2.45) is 23.7 Å². The summed E-state index contributed by atoms with van der Waals surface area (Å²) in [4.78, 5) is -2.17. The number of halogens is 6. The van der Waals surface area contributed by atoms with E-state index in [1.165, 1.54) is 0 Å². The third-order valence-corrected chi connectivity index (χ3v) is 10.2. The first-order valence-electron chi connectivity index (χ1n) is 6.25. The number of alkyl halides is 4. The molecule has 19 heavy (non-hydrogen) atoms. The quantitative estimate of drug-likeness (QED) is 0.343. The molecule has 0 N–H and O–H groups in total. The average Bonchev–Trinajstić information content (AvgIpc) is 2.91. The van der Waals surface area contributed by atoms with Gasteiger partial charge in [0.15, 0.2) is 4.33 Å². The lowest BCUT2D eigenvalue weighted by Gasteiger charge is -2.38. The van der Waals surface area contributed by atoms with Crippen molar-refractivity contribution in [1.29, 1.82) is 0 Å². The summed E-state index contributed by atoms with van der Waals surface area (Å²) in [5.41, 5.74) is 0. The van der Waals surface area contributed by atoms with E-state index < -0.39 is 14.1 Å². The largest absolute Gasteiger partial charge is 0.369 e. The van der Waals surface area contributed by atoms with Crippen molar-refractivity contribution in [3.8, 4) is 0 Å². The molecule has 2 unspecified atom stereocenters. The van der Waals surface area contributed by atoms with Gasteiger partial charge in [-0.05, 0) is 30.1 Å². The van der Waals surface area contributed by atoms with E-state index in [0.717, 1.165) is 6.42 Å². The molecule has 5 rings (SSSR count). The lowest BCUT2D eigenvalue weighted by molar-refractivity contribution is 0.237. The Morgan fingerprint density at radius 1 is 0.842 bits per heavy atom. The Balaban J connectivity index is 1.80. The summed E-state index contributed by atoms with van der Waals surface area (Å²) < 4.78 is 4.35. The van der Waals surface area contributed by atoms with Gasteiger partial charge in [0.2, 0.25) is 0 Å². The van der Waals surface area contributed by atoms with Crippen LogP contribution in [-0.4, -0.2) is 26.3 Å². The van der Waals surface area contributed by atoms with E-state index in [1.807, 2.05) is 0 Å². The molecule has 1 aliphatic heterocycles. The Hall–Kier alpha value is 1.44. The highest BCUT2D eigenvalue weighted by Crippen LogP contribution is 2.84. The van der Waals surface area contributed by atoms with Crippen LogP contribution >= 0.6 is 69.6 Å². The molecule has 104 valence electrons. The number of allylic oxidation sites excluding steroid dienone is 2. The van der Waals surface area contributed by atoms with Crippen LogP contribution in [0.4, 0.5) is 0 Å². The Morgan fingerprint density at radius 2 is 1.26 bits per heavy atom. The van der Waals surface area contributed by atoms with Crippen molar-refractivity contribution in [3.05, 3.63) is 10.1 Å². The number of fused-ring (bicyclic) bond motifs is 12. The molecule has 1 nitrogen and oxygen atoms in total. The number of hydrogen-bond donors (Lipinski definition) is 0. The number of epoxide rings is 1. The summed E-state index contributed by atoms with van der Waals surface area (Å²) in [6.07, 6.45) is 1.63. The highest BCUT2D eigenvalue weighted by atomic mass is 35.5. The van der Waals surface area contributed by atoms with Gasteiger partial charge in [0.1, 0.15) is 9.75 Å². The zero-order valence-electron chi connectivity index (χ0n) is 9.35. The monoisotopic (exact) mass is 378 g/mol. The van der Waals surface area contributed by atoms with Crippen molar-refractivity contribution in [2.45, 2.75) is 32.7 Å². The van der Waals surface area contributed by atoms with E-state index in [0.29, 0.717) is 21.9 Å². The zero-order valence-corrected chi connectivity index (χ0v) is 13.9. The molecule has 4 fully saturated rings. The maximum absolute atomic E-state index is 6.82. The second kappa shape index (κ2) is 3.20. The van der Waals surface area contributed by atoms with Crippen LogP contribution in [0.25, 0.3) is 0 Å². The Morgan fingerprint density at radius 3 is 1.68 bits per heavy atom. The minimum absolute atomic E-state index is 0.0467. The molecular weight excluding hydrogens is 373 g/mol. The SMILES string of the molecule is ClC1=C(Cl)[C@@]2(Cl)[C@H]3[C@H]([C@@H]4C[C@@H]3C3OC34)[C@@]1(Cl)C2(Cl)Cl. The van der Waals surface area contributed by atoms with E-state index in [1.54, 1.807) is 0 Å². The first-order valence-corrected chi connectivity index (χ1v) is 8.52. The lowest BCUT2D eigenvalue weighted by atomic mass is 9.73. The molecule has 0 aromatic carbocycles. The normalized spacial score (nSPS) is 66.6. The van der Waals surface area contributed by atoms with Crippen LogP contribution in [0, 0.1) is 23.7 Å². The number of hydrogen-bond acceptors (Lipinski definition) is 1. The van der Waals surface area contributed by atoms with Gasteiger partial charge < -0.3 is 4.74 Å². The fourth-order valence-corrected chi connectivity index (χ4v) is 8.43. The molecule has 7 heteroatoms. The first-order chi connectivity index (χ1) is 8.78. The van der Waals surface area contributed by atoms with Crippen molar-refractivity contribution in [1.82, 2.24) is 0 Å². The van der Waals surface area contributed by atoms with E-state index in [-0.39, 0.29) is 24.0 Å². The Kier molecular flexibility index (Phi) is 2.18. The van der Waals surface area contributed by atoms with Gasteiger partial charge in [-0.1, -0.05) is 46.4 Å². The topological polar surface area (TPSA) is 12.5 Å². The van der Waals surface area contributed by atoms with Gasteiger partial charge in [0.25, 0.3) is 0 Å². The van der Waals surface area contributed by atoms with Gasteiger partial charge in [0, 0.05) is 0 Å². The summed E-state index contributed by atoms with van der Waals surface area (Å²) in [6.45, 7) is 0. The van der Waals surface area contributed by atoms with E-state index in [9.17, 15) is 0 Å². The summed E-state index contributed by atoms with van der Waals surface area (Å²) in [5, 5.41) is 0.642. The van der Waals surface area contributed by atoms with Crippen molar-refractivity contribution < 1.29 is 4.74 Å². The van der Waals surface area contributed by atoms with Crippen molar-refractivity contribution in [2.75, 3.05) is 0 Å². The number of rotatable bonds is 0. The van der Waals surface area contributed by atoms with Crippen LogP contribution in [0.1, 0.15) is 6.42 Å². The summed E-state index contributed by atoms with van der Waals surface area (Å²) in [5.74, 6) is 0.776. The molecule has 0 radical (unpaired) electrons. The van der Waals surface area contributed by atoms with Gasteiger partial charge >= 0.3 is 0 Å². The van der Waals surface area contributed by atoms with E-state index in [4.69, 9.17) is 74.3 Å². The standard InChI is InChI=1S/C12H8Cl6O/c13-8-9(14)11(16)5-3-1-2(6-7(3)19-6)4(5)10(8,15)12(11,17)18/h2-7H,1H2/t2-,3-,4-,5+,6?,7?,10-,11-/m0/s1. The van der Waals surface area contributed by atoms with Crippen LogP contribution in [0.2, 0.25) is 0 Å². The molecular formula is C12H8Cl6O. The second-order valence-electron chi connectivity index (χ2n) is 6.31. The molecule has 0 amide bonds. The third kappa shape index (κ3) is 0.986. The second-order valence-corrected chi connectivity index (χ2v) is 9.58. The van der Waals surface area contributed by atoms with Crippen molar-refractivity contribution in [3.63, 3.8) is 0 Å². The van der Waals surface area contributed by atoms with E-state index >= 15 is 0 Å². The molecule has 0 spiro atoms. The van der Waals surface area contributed by atoms with Crippen LogP contribution in [0.5, 0.6) is 0 Å². The summed E-state index contributed by atoms with van der Waals surface area (Å²) in [7, 11) is 0. The average molecular weight is 381 g/mol. The Bertz CT molecular complexity index is 516. The molecule has 3 saturated carbocycles. The van der Waals surface area contributed by atoms with Gasteiger partial charge in [-0.3, -0.25) is 0 Å². The molecule has 0 aromatic rings. The molecule has 8 atom stereocenters. The molecule has 5 aliphatic rings. The van der Waals surface area contributed by atoms with Crippen LogP contribution < -0.4 is 0 Å². The lowest BCUT2D eigenvalue weighted by Crippen LogP contribution is -2.46. The predicted molar refractivity (Wildman–Crippen MR) is 77.6 cm³/mol. The first kappa shape index (κ1) is 12.9. The van der Waals surface area contributed by atoms with Crippen LogP contribution in [0.3, 0.4) is 0 Å². The molecule has 1 saturated heterocycles. The van der Waals surface area contributed by atoms with Gasteiger partial charge in [-0.25, -0.2) is 0 Å². The zero-order chi connectivity index (χ0) is 13.5. The Labute approximate surface area is 140 Å². The maximum Gasteiger partial charge on any atom is 0.166 e. The smallest absolute Gasteiger partial charge is 0.166 e. The van der Waals surface area contributed by atoms with Crippen LogP contribution in [-0.2, 0) is 4.74 Å². The number of ether oxygens (including phenoxy) is 1. The van der Waals surface area contributed by atoms with Gasteiger partial charge in [-0.15, -0.1) is 23.2 Å². The van der Waals surface area contributed by atoms with Crippen molar-refractivity contribution >= 4 is 69.6 Å². The minimum atomic E-state index is -1.37. The maximum atomic E-state index is 6.82.